The van der Waals surface area contributed by atoms with E-state index in [4.69, 9.17) is 0 Å². The van der Waals surface area contributed by atoms with Crippen LogP contribution in [-0.4, -0.2) is 9.97 Å². The molecule has 6 heteroatoms. The van der Waals surface area contributed by atoms with Gasteiger partial charge in [-0.1, -0.05) is 30.3 Å². The van der Waals surface area contributed by atoms with Crippen molar-refractivity contribution in [3.05, 3.63) is 54.0 Å². The average molecular weight is 270 g/mol. The van der Waals surface area contributed by atoms with Crippen LogP contribution in [0.25, 0.3) is 0 Å². The second-order valence-electron chi connectivity index (χ2n) is 3.49. The number of rotatable bonds is 3. The molecule has 1 aromatic heterocycles. The molecule has 1 heterocycles. The standard InChI is InChI=1S/C12H9F3N2S/c13-12(14,15)11-16-7-6-10(17-11)18-8-9-4-2-1-3-5-9/h1-7H,8H2. The highest BCUT2D eigenvalue weighted by atomic mass is 32.2. The van der Waals surface area contributed by atoms with E-state index in [0.717, 1.165) is 11.8 Å². The van der Waals surface area contributed by atoms with Gasteiger partial charge in [0.05, 0.1) is 0 Å². The fourth-order valence-corrected chi connectivity index (χ4v) is 2.11. The second kappa shape index (κ2) is 5.39. The van der Waals surface area contributed by atoms with Gasteiger partial charge in [0, 0.05) is 11.9 Å². The third-order valence-corrected chi connectivity index (χ3v) is 3.11. The average Bonchev–Trinajstić information content (AvgIpc) is 2.37. The molecule has 0 spiro atoms. The summed E-state index contributed by atoms with van der Waals surface area (Å²) in [5.41, 5.74) is 1.04. The number of hydrogen-bond acceptors (Lipinski definition) is 3. The van der Waals surface area contributed by atoms with Crippen LogP contribution in [0.5, 0.6) is 0 Å². The highest BCUT2D eigenvalue weighted by Crippen LogP contribution is 2.28. The molecule has 0 unspecified atom stereocenters. The minimum atomic E-state index is -4.50. The van der Waals surface area contributed by atoms with Crippen molar-refractivity contribution in [3.8, 4) is 0 Å². The van der Waals surface area contributed by atoms with Crippen LogP contribution in [0.4, 0.5) is 13.2 Å². The van der Waals surface area contributed by atoms with Crippen molar-refractivity contribution in [1.82, 2.24) is 9.97 Å². The Kier molecular flexibility index (Phi) is 3.86. The van der Waals surface area contributed by atoms with Gasteiger partial charge in [-0.15, -0.1) is 11.8 Å². The summed E-state index contributed by atoms with van der Waals surface area (Å²) in [4.78, 5) is 6.70. The van der Waals surface area contributed by atoms with Gasteiger partial charge in [0.1, 0.15) is 5.03 Å². The molecule has 0 aliphatic rings. The first kappa shape index (κ1) is 12.9. The number of nitrogens with zero attached hydrogens (tertiary/aromatic N) is 2. The molecule has 18 heavy (non-hydrogen) atoms. The number of alkyl halides is 3. The molecule has 1 aromatic carbocycles. The maximum Gasteiger partial charge on any atom is 0.451 e. The van der Waals surface area contributed by atoms with E-state index in [-0.39, 0.29) is 0 Å². The van der Waals surface area contributed by atoms with Gasteiger partial charge in [0.2, 0.25) is 5.82 Å². The van der Waals surface area contributed by atoms with Crippen LogP contribution in [0.2, 0.25) is 0 Å². The maximum absolute atomic E-state index is 12.4. The topological polar surface area (TPSA) is 25.8 Å². The third kappa shape index (κ3) is 3.46. The van der Waals surface area contributed by atoms with Crippen LogP contribution in [0, 0.1) is 0 Å². The molecule has 0 radical (unpaired) electrons. The van der Waals surface area contributed by atoms with E-state index in [2.05, 4.69) is 9.97 Å². The van der Waals surface area contributed by atoms with Crippen molar-refractivity contribution in [1.29, 1.82) is 0 Å². The molecule has 94 valence electrons. The Labute approximate surface area is 106 Å². The van der Waals surface area contributed by atoms with E-state index in [0.29, 0.717) is 10.8 Å². The molecule has 2 rings (SSSR count). The molecule has 0 N–H and O–H groups in total. The molecule has 0 bridgehead atoms. The van der Waals surface area contributed by atoms with Gasteiger partial charge >= 0.3 is 6.18 Å². The molecule has 0 atom stereocenters. The highest BCUT2D eigenvalue weighted by Gasteiger charge is 2.34. The zero-order valence-corrected chi connectivity index (χ0v) is 10.0. The molecule has 2 aromatic rings. The smallest absolute Gasteiger partial charge is 0.233 e. The van der Waals surface area contributed by atoms with Crippen LogP contribution in [0.15, 0.2) is 47.6 Å². The Balaban J connectivity index is 2.06. The van der Waals surface area contributed by atoms with Gasteiger partial charge < -0.3 is 0 Å². The lowest BCUT2D eigenvalue weighted by molar-refractivity contribution is -0.145. The molecule has 2 nitrogen and oxygen atoms in total. The van der Waals surface area contributed by atoms with Crippen molar-refractivity contribution in [3.63, 3.8) is 0 Å². The monoisotopic (exact) mass is 270 g/mol. The lowest BCUT2D eigenvalue weighted by Crippen LogP contribution is -2.10. The van der Waals surface area contributed by atoms with Crippen LogP contribution in [0.1, 0.15) is 11.4 Å². The Morgan fingerprint density at radius 2 is 1.78 bits per heavy atom. The number of hydrogen-bond donors (Lipinski definition) is 0. The van der Waals surface area contributed by atoms with Gasteiger partial charge in [-0.05, 0) is 11.6 Å². The predicted molar refractivity (Wildman–Crippen MR) is 63.0 cm³/mol. The third-order valence-electron chi connectivity index (χ3n) is 2.11. The normalized spacial score (nSPS) is 11.5. The van der Waals surface area contributed by atoms with E-state index >= 15 is 0 Å². The highest BCUT2D eigenvalue weighted by molar-refractivity contribution is 7.98. The van der Waals surface area contributed by atoms with Crippen molar-refractivity contribution < 1.29 is 13.2 Å². The van der Waals surface area contributed by atoms with Crippen LogP contribution < -0.4 is 0 Å². The summed E-state index contributed by atoms with van der Waals surface area (Å²) in [6.45, 7) is 0. The minimum Gasteiger partial charge on any atom is -0.233 e. The summed E-state index contributed by atoms with van der Waals surface area (Å²) in [6, 6.07) is 11.0. The fraction of sp³-hybridized carbons (Fsp3) is 0.167. The second-order valence-corrected chi connectivity index (χ2v) is 4.49. The first-order chi connectivity index (χ1) is 8.55. The Bertz CT molecular complexity index is 514. The summed E-state index contributed by atoms with van der Waals surface area (Å²) in [6.07, 6.45) is -3.37. The van der Waals surface area contributed by atoms with Crippen LogP contribution in [-0.2, 0) is 11.9 Å². The predicted octanol–water partition coefficient (Wildman–Crippen LogP) is 3.79. The lowest BCUT2D eigenvalue weighted by atomic mass is 10.2. The lowest BCUT2D eigenvalue weighted by Gasteiger charge is -2.06. The van der Waals surface area contributed by atoms with Gasteiger partial charge in [-0.25, -0.2) is 9.97 Å². The Hall–Kier alpha value is -1.56. The molecular formula is C12H9F3N2S. The summed E-state index contributed by atoms with van der Waals surface area (Å²) < 4.78 is 37.2. The van der Waals surface area contributed by atoms with Crippen molar-refractivity contribution in [2.45, 2.75) is 17.0 Å². The molecule has 0 amide bonds. The summed E-state index contributed by atoms with van der Waals surface area (Å²) in [7, 11) is 0. The van der Waals surface area contributed by atoms with Gasteiger partial charge in [0.25, 0.3) is 0 Å². The summed E-state index contributed by atoms with van der Waals surface area (Å²) >= 11 is 1.25. The van der Waals surface area contributed by atoms with Gasteiger partial charge in [-0.3, -0.25) is 0 Å². The SMILES string of the molecule is FC(F)(F)c1nccc(SCc2ccccc2)n1. The van der Waals surface area contributed by atoms with E-state index in [1.807, 2.05) is 30.3 Å². The molecule has 0 saturated heterocycles. The van der Waals surface area contributed by atoms with Crippen molar-refractivity contribution in [2.24, 2.45) is 0 Å². The molecule has 0 fully saturated rings. The van der Waals surface area contributed by atoms with Gasteiger partial charge in [0.15, 0.2) is 0 Å². The fourth-order valence-electron chi connectivity index (χ4n) is 1.29. The molecular weight excluding hydrogens is 261 g/mol. The summed E-state index contributed by atoms with van der Waals surface area (Å²) in [5, 5.41) is 0.321. The van der Waals surface area contributed by atoms with E-state index in [1.54, 1.807) is 0 Å². The Morgan fingerprint density at radius 3 is 2.44 bits per heavy atom. The van der Waals surface area contributed by atoms with Crippen LogP contribution in [0.3, 0.4) is 0 Å². The quantitative estimate of drug-likeness (QED) is 0.627. The minimum absolute atomic E-state index is 0.321. The zero-order chi connectivity index (χ0) is 13.0. The molecule has 0 aliphatic heterocycles. The molecule has 0 saturated carbocycles. The Morgan fingerprint density at radius 1 is 1.06 bits per heavy atom. The van der Waals surface area contributed by atoms with Crippen LogP contribution >= 0.6 is 11.8 Å². The van der Waals surface area contributed by atoms with Gasteiger partial charge in [-0.2, -0.15) is 13.2 Å². The molecule has 0 aliphatic carbocycles. The maximum atomic E-state index is 12.4. The number of halogens is 3. The largest absolute Gasteiger partial charge is 0.451 e. The number of aromatic nitrogens is 2. The number of benzene rings is 1. The van der Waals surface area contributed by atoms with E-state index in [1.165, 1.54) is 17.8 Å². The van der Waals surface area contributed by atoms with E-state index < -0.39 is 12.0 Å². The van der Waals surface area contributed by atoms with Crippen molar-refractivity contribution >= 4 is 11.8 Å². The first-order valence-electron chi connectivity index (χ1n) is 5.13. The zero-order valence-electron chi connectivity index (χ0n) is 9.19. The number of thioether (sulfide) groups is 1. The summed E-state index contributed by atoms with van der Waals surface area (Å²) in [5.74, 6) is -0.518. The first-order valence-corrected chi connectivity index (χ1v) is 6.11. The van der Waals surface area contributed by atoms with E-state index in [9.17, 15) is 13.2 Å². The van der Waals surface area contributed by atoms with Crippen molar-refractivity contribution in [2.75, 3.05) is 0 Å².